The van der Waals surface area contributed by atoms with Crippen molar-refractivity contribution in [2.75, 3.05) is 12.3 Å². The number of thioether (sulfide) groups is 1. The van der Waals surface area contributed by atoms with Crippen LogP contribution in [0.2, 0.25) is 0 Å². The molecule has 122 valence electrons. The summed E-state index contributed by atoms with van der Waals surface area (Å²) in [5, 5.41) is -0.133. The Morgan fingerprint density at radius 2 is 1.74 bits per heavy atom. The number of hydrogen-bond acceptors (Lipinski definition) is 3. The molecule has 2 aromatic rings. The van der Waals surface area contributed by atoms with Crippen LogP contribution >= 0.6 is 11.8 Å². The van der Waals surface area contributed by atoms with Gasteiger partial charge in [-0.2, -0.15) is 4.31 Å². The molecule has 5 heteroatoms. The molecule has 1 saturated heterocycles. The first kappa shape index (κ1) is 16.6. The zero-order chi connectivity index (χ0) is 16.4. The second kappa shape index (κ2) is 6.67. The van der Waals surface area contributed by atoms with Gasteiger partial charge in [-0.05, 0) is 36.6 Å². The number of hydrogen-bond donors (Lipinski definition) is 0. The number of sulfonamides is 1. The second-order valence-corrected chi connectivity index (χ2v) is 8.83. The average molecular weight is 348 g/mol. The van der Waals surface area contributed by atoms with Gasteiger partial charge in [-0.3, -0.25) is 0 Å². The number of aryl methyl sites for hydroxylation is 2. The van der Waals surface area contributed by atoms with Crippen LogP contribution in [0.25, 0.3) is 0 Å². The molecule has 23 heavy (non-hydrogen) atoms. The molecule has 3 rings (SSSR count). The largest absolute Gasteiger partial charge is 0.244 e. The Hall–Kier alpha value is -1.30. The number of nitrogens with zero attached hydrogens (tertiary/aromatic N) is 1. The van der Waals surface area contributed by atoms with E-state index in [2.05, 4.69) is 6.92 Å². The van der Waals surface area contributed by atoms with Crippen LogP contribution in [-0.4, -0.2) is 25.0 Å². The lowest BCUT2D eigenvalue weighted by atomic mass is 10.1. The molecular formula is C18H21NO2S2. The summed E-state index contributed by atoms with van der Waals surface area (Å²) in [6.45, 7) is 4.66. The Kier molecular flexibility index (Phi) is 4.80. The highest BCUT2D eigenvalue weighted by atomic mass is 32.2. The van der Waals surface area contributed by atoms with Gasteiger partial charge in [0.1, 0.15) is 0 Å². The van der Waals surface area contributed by atoms with Crippen LogP contribution in [0.5, 0.6) is 0 Å². The van der Waals surface area contributed by atoms with Crippen molar-refractivity contribution in [3.63, 3.8) is 0 Å². The second-order valence-electron chi connectivity index (χ2n) is 5.75. The maximum Gasteiger partial charge on any atom is 0.244 e. The summed E-state index contributed by atoms with van der Waals surface area (Å²) in [5.74, 6) is 0.824. The normalized spacial score (nSPS) is 19.1. The minimum atomic E-state index is -3.46. The number of benzene rings is 2. The summed E-state index contributed by atoms with van der Waals surface area (Å²) < 4.78 is 27.6. The smallest absolute Gasteiger partial charge is 0.207 e. The summed E-state index contributed by atoms with van der Waals surface area (Å²) in [6, 6.07) is 15.4. The van der Waals surface area contributed by atoms with E-state index in [1.54, 1.807) is 28.2 Å². The van der Waals surface area contributed by atoms with E-state index in [1.807, 2.05) is 43.3 Å². The van der Waals surface area contributed by atoms with E-state index in [0.29, 0.717) is 11.4 Å². The summed E-state index contributed by atoms with van der Waals surface area (Å²) in [7, 11) is -3.46. The molecule has 1 atom stereocenters. The van der Waals surface area contributed by atoms with Crippen molar-refractivity contribution in [3.8, 4) is 0 Å². The molecule has 0 aromatic heterocycles. The minimum Gasteiger partial charge on any atom is -0.207 e. The third kappa shape index (κ3) is 3.32. The Labute approximate surface area is 142 Å². The Morgan fingerprint density at radius 3 is 2.35 bits per heavy atom. The van der Waals surface area contributed by atoms with Gasteiger partial charge in [0.25, 0.3) is 0 Å². The summed E-state index contributed by atoms with van der Waals surface area (Å²) in [5.41, 5.74) is 3.38. The lowest BCUT2D eigenvalue weighted by Crippen LogP contribution is -2.30. The topological polar surface area (TPSA) is 37.4 Å². The fraction of sp³-hybridized carbons (Fsp3) is 0.333. The van der Waals surface area contributed by atoms with Crippen LogP contribution in [0.3, 0.4) is 0 Å². The van der Waals surface area contributed by atoms with Crippen molar-refractivity contribution in [1.82, 2.24) is 4.31 Å². The van der Waals surface area contributed by atoms with E-state index in [-0.39, 0.29) is 5.37 Å². The quantitative estimate of drug-likeness (QED) is 0.839. The van der Waals surface area contributed by atoms with E-state index in [0.717, 1.165) is 23.3 Å². The van der Waals surface area contributed by atoms with Crippen molar-refractivity contribution >= 4 is 21.8 Å². The molecule has 0 unspecified atom stereocenters. The van der Waals surface area contributed by atoms with Gasteiger partial charge in [0, 0.05) is 12.3 Å². The third-order valence-corrected chi connectivity index (χ3v) is 7.42. The molecule has 0 saturated carbocycles. The molecule has 1 aliphatic rings. The molecule has 1 heterocycles. The maximum absolute atomic E-state index is 13.0. The van der Waals surface area contributed by atoms with Crippen molar-refractivity contribution in [2.24, 2.45) is 0 Å². The van der Waals surface area contributed by atoms with E-state index in [4.69, 9.17) is 0 Å². The van der Waals surface area contributed by atoms with Crippen molar-refractivity contribution in [1.29, 1.82) is 0 Å². The van der Waals surface area contributed by atoms with Gasteiger partial charge >= 0.3 is 0 Å². The fourth-order valence-corrected chi connectivity index (χ4v) is 5.97. The molecule has 0 amide bonds. The van der Waals surface area contributed by atoms with E-state index < -0.39 is 10.0 Å². The molecule has 2 aromatic carbocycles. The lowest BCUT2D eigenvalue weighted by molar-refractivity contribution is 0.434. The molecule has 1 aliphatic heterocycles. The van der Waals surface area contributed by atoms with Gasteiger partial charge < -0.3 is 0 Å². The van der Waals surface area contributed by atoms with Crippen LogP contribution < -0.4 is 0 Å². The standard InChI is InChI=1S/C18H21NO2S2/c1-3-15-6-10-17(11-7-15)23(20,21)19-12-13-22-18(19)16-8-4-14(2)5-9-16/h4-11,18H,3,12-13H2,1-2H3/t18-/m0/s1. The minimum absolute atomic E-state index is 0.133. The monoisotopic (exact) mass is 347 g/mol. The predicted molar refractivity (Wildman–Crippen MR) is 96.1 cm³/mol. The van der Waals surface area contributed by atoms with E-state index in [1.165, 1.54) is 5.56 Å². The fourth-order valence-electron chi connectivity index (χ4n) is 2.73. The highest BCUT2D eigenvalue weighted by Gasteiger charge is 2.36. The van der Waals surface area contributed by atoms with Crippen molar-refractivity contribution < 1.29 is 8.42 Å². The number of rotatable bonds is 4. The Bertz CT molecular complexity index is 768. The molecule has 1 fully saturated rings. The summed E-state index contributed by atoms with van der Waals surface area (Å²) >= 11 is 1.69. The van der Waals surface area contributed by atoms with Gasteiger partial charge in [0.05, 0.1) is 10.3 Å². The molecule has 3 nitrogen and oxygen atoms in total. The van der Waals surface area contributed by atoms with Gasteiger partial charge in [0.15, 0.2) is 0 Å². The predicted octanol–water partition coefficient (Wildman–Crippen LogP) is 3.99. The van der Waals surface area contributed by atoms with Gasteiger partial charge in [0.2, 0.25) is 10.0 Å². The van der Waals surface area contributed by atoms with Crippen LogP contribution in [0, 0.1) is 6.92 Å². The van der Waals surface area contributed by atoms with Crippen LogP contribution in [0.1, 0.15) is 29.0 Å². The Morgan fingerprint density at radius 1 is 1.09 bits per heavy atom. The molecule has 0 spiro atoms. The van der Waals surface area contributed by atoms with Gasteiger partial charge in [-0.15, -0.1) is 11.8 Å². The molecule has 0 radical (unpaired) electrons. The SMILES string of the molecule is CCc1ccc(S(=O)(=O)N2CCS[C@H]2c2ccc(C)cc2)cc1. The third-order valence-electron chi connectivity index (χ3n) is 4.15. The molecule has 0 aliphatic carbocycles. The van der Waals surface area contributed by atoms with Crippen molar-refractivity contribution in [2.45, 2.75) is 30.5 Å². The zero-order valence-electron chi connectivity index (χ0n) is 13.4. The highest BCUT2D eigenvalue weighted by Crippen LogP contribution is 2.41. The van der Waals surface area contributed by atoms with E-state index >= 15 is 0 Å². The average Bonchev–Trinajstić information content (AvgIpc) is 3.06. The van der Waals surface area contributed by atoms with Crippen molar-refractivity contribution in [3.05, 3.63) is 65.2 Å². The first-order valence-electron chi connectivity index (χ1n) is 7.81. The Balaban J connectivity index is 1.92. The van der Waals surface area contributed by atoms with Crippen LogP contribution in [0.15, 0.2) is 53.4 Å². The highest BCUT2D eigenvalue weighted by molar-refractivity contribution is 8.01. The molecule has 0 N–H and O–H groups in total. The van der Waals surface area contributed by atoms with Crippen LogP contribution in [0.4, 0.5) is 0 Å². The maximum atomic E-state index is 13.0. The summed E-state index contributed by atoms with van der Waals surface area (Å²) in [4.78, 5) is 0.384. The van der Waals surface area contributed by atoms with Gasteiger partial charge in [-0.25, -0.2) is 8.42 Å². The van der Waals surface area contributed by atoms with Crippen LogP contribution in [-0.2, 0) is 16.4 Å². The molecule has 0 bridgehead atoms. The van der Waals surface area contributed by atoms with Gasteiger partial charge in [-0.1, -0.05) is 48.9 Å². The lowest BCUT2D eigenvalue weighted by Gasteiger charge is -2.23. The first-order valence-corrected chi connectivity index (χ1v) is 10.3. The molecular weight excluding hydrogens is 326 g/mol. The zero-order valence-corrected chi connectivity index (χ0v) is 15.0. The first-order chi connectivity index (χ1) is 11.0. The van der Waals surface area contributed by atoms with E-state index in [9.17, 15) is 8.42 Å². The summed E-state index contributed by atoms with van der Waals surface area (Å²) in [6.07, 6.45) is 0.909.